The van der Waals surface area contributed by atoms with Gasteiger partial charge in [-0.25, -0.2) is 0 Å². The van der Waals surface area contributed by atoms with Crippen molar-refractivity contribution in [1.29, 1.82) is 0 Å². The molecular formula is C12H25NO2. The molecule has 0 atom stereocenters. The van der Waals surface area contributed by atoms with E-state index in [1.807, 2.05) is 20.8 Å². The number of esters is 1. The molecule has 0 aromatic carbocycles. The molecule has 0 unspecified atom stereocenters. The Morgan fingerprint density at radius 1 is 1.27 bits per heavy atom. The van der Waals surface area contributed by atoms with Gasteiger partial charge in [0, 0.05) is 0 Å². The van der Waals surface area contributed by atoms with Crippen LogP contribution >= 0.6 is 0 Å². The van der Waals surface area contributed by atoms with Crippen LogP contribution in [0.3, 0.4) is 0 Å². The van der Waals surface area contributed by atoms with Crippen molar-refractivity contribution in [2.24, 2.45) is 0 Å². The summed E-state index contributed by atoms with van der Waals surface area (Å²) in [5.74, 6) is -0.125. The molecule has 0 aromatic rings. The second-order valence-electron chi connectivity index (χ2n) is 4.81. The lowest BCUT2D eigenvalue weighted by atomic mass is 10.2. The fourth-order valence-electron chi connectivity index (χ4n) is 1.29. The SMILES string of the molecule is CCCCN(CC)CC(=O)OC(C)(C)C. The van der Waals surface area contributed by atoms with Gasteiger partial charge in [0.15, 0.2) is 0 Å². The van der Waals surface area contributed by atoms with E-state index in [1.54, 1.807) is 0 Å². The number of unbranched alkanes of at least 4 members (excludes halogenated alkanes) is 1. The molecule has 3 heteroatoms. The molecule has 3 nitrogen and oxygen atoms in total. The van der Waals surface area contributed by atoms with Crippen LogP contribution in [0.15, 0.2) is 0 Å². The molecule has 0 aromatic heterocycles. The highest BCUT2D eigenvalue weighted by Crippen LogP contribution is 2.07. The van der Waals surface area contributed by atoms with Crippen molar-refractivity contribution in [3.8, 4) is 0 Å². The summed E-state index contributed by atoms with van der Waals surface area (Å²) < 4.78 is 5.27. The van der Waals surface area contributed by atoms with Crippen molar-refractivity contribution >= 4 is 5.97 Å². The van der Waals surface area contributed by atoms with Crippen LogP contribution in [-0.4, -0.2) is 36.1 Å². The van der Waals surface area contributed by atoms with Crippen LogP contribution < -0.4 is 0 Å². The summed E-state index contributed by atoms with van der Waals surface area (Å²) in [5, 5.41) is 0. The molecule has 0 aliphatic heterocycles. The molecule has 0 radical (unpaired) electrons. The average molecular weight is 215 g/mol. The van der Waals surface area contributed by atoms with E-state index in [0.29, 0.717) is 6.54 Å². The molecule has 0 bridgehead atoms. The molecule has 90 valence electrons. The Kier molecular flexibility index (Phi) is 6.57. The van der Waals surface area contributed by atoms with Crippen molar-refractivity contribution in [2.45, 2.75) is 53.1 Å². The van der Waals surface area contributed by atoms with Crippen LogP contribution in [0, 0.1) is 0 Å². The third-order valence-electron chi connectivity index (χ3n) is 2.05. The molecule has 0 spiro atoms. The van der Waals surface area contributed by atoms with Gasteiger partial charge in [-0.15, -0.1) is 0 Å². The normalized spacial score (nSPS) is 11.9. The molecule has 0 rings (SSSR count). The molecule has 0 aliphatic carbocycles. The Hall–Kier alpha value is -0.570. The maximum atomic E-state index is 11.5. The number of likely N-dealkylation sites (N-methyl/N-ethyl adjacent to an activating group) is 1. The summed E-state index contributed by atoms with van der Waals surface area (Å²) in [6.45, 7) is 12.2. The molecule has 0 heterocycles. The van der Waals surface area contributed by atoms with Crippen LogP contribution in [0.4, 0.5) is 0 Å². The summed E-state index contributed by atoms with van der Waals surface area (Å²) in [6.07, 6.45) is 2.29. The molecule has 0 N–H and O–H groups in total. The third-order valence-corrected chi connectivity index (χ3v) is 2.05. The molecule has 0 aliphatic rings. The zero-order chi connectivity index (χ0) is 11.9. The maximum Gasteiger partial charge on any atom is 0.320 e. The molecule has 15 heavy (non-hydrogen) atoms. The van der Waals surface area contributed by atoms with E-state index in [0.717, 1.165) is 25.9 Å². The molecule has 0 saturated carbocycles. The van der Waals surface area contributed by atoms with Crippen LogP contribution in [0.5, 0.6) is 0 Å². The lowest BCUT2D eigenvalue weighted by Gasteiger charge is -2.23. The van der Waals surface area contributed by atoms with Crippen molar-refractivity contribution in [3.05, 3.63) is 0 Å². The number of hydrogen-bond acceptors (Lipinski definition) is 3. The minimum atomic E-state index is -0.374. The lowest BCUT2D eigenvalue weighted by molar-refractivity contribution is -0.156. The molecule has 0 amide bonds. The van der Waals surface area contributed by atoms with E-state index in [-0.39, 0.29) is 11.6 Å². The highest BCUT2D eigenvalue weighted by molar-refractivity contribution is 5.72. The van der Waals surface area contributed by atoms with Crippen molar-refractivity contribution in [2.75, 3.05) is 19.6 Å². The van der Waals surface area contributed by atoms with E-state index >= 15 is 0 Å². The monoisotopic (exact) mass is 215 g/mol. The van der Waals surface area contributed by atoms with Gasteiger partial charge in [-0.1, -0.05) is 20.3 Å². The van der Waals surface area contributed by atoms with Gasteiger partial charge in [0.2, 0.25) is 0 Å². The Bertz CT molecular complexity index is 185. The van der Waals surface area contributed by atoms with Gasteiger partial charge < -0.3 is 4.74 Å². The molecule has 0 fully saturated rings. The topological polar surface area (TPSA) is 29.5 Å². The minimum Gasteiger partial charge on any atom is -0.459 e. The standard InChI is InChI=1S/C12H25NO2/c1-6-8-9-13(7-2)10-11(14)15-12(3,4)5/h6-10H2,1-5H3. The maximum absolute atomic E-state index is 11.5. The second-order valence-corrected chi connectivity index (χ2v) is 4.81. The Morgan fingerprint density at radius 3 is 2.27 bits per heavy atom. The molecular weight excluding hydrogens is 190 g/mol. The van der Waals surface area contributed by atoms with Crippen molar-refractivity contribution < 1.29 is 9.53 Å². The minimum absolute atomic E-state index is 0.125. The Balaban J connectivity index is 3.91. The van der Waals surface area contributed by atoms with Gasteiger partial charge in [-0.2, -0.15) is 0 Å². The van der Waals surface area contributed by atoms with Crippen LogP contribution in [-0.2, 0) is 9.53 Å². The lowest BCUT2D eigenvalue weighted by Crippen LogP contribution is -2.35. The van der Waals surface area contributed by atoms with Gasteiger partial charge in [0.05, 0.1) is 6.54 Å². The first-order chi connectivity index (χ1) is 6.89. The number of carbonyl (C=O) groups excluding carboxylic acids is 1. The number of carbonyl (C=O) groups is 1. The third kappa shape index (κ3) is 8.43. The van der Waals surface area contributed by atoms with Gasteiger partial charge in [0.1, 0.15) is 5.60 Å². The second kappa shape index (κ2) is 6.83. The quantitative estimate of drug-likeness (QED) is 0.637. The Morgan fingerprint density at radius 2 is 1.87 bits per heavy atom. The van der Waals surface area contributed by atoms with Gasteiger partial charge >= 0.3 is 5.97 Å². The molecule has 0 saturated heterocycles. The highest BCUT2D eigenvalue weighted by atomic mass is 16.6. The van der Waals surface area contributed by atoms with E-state index in [1.165, 1.54) is 0 Å². The van der Waals surface area contributed by atoms with E-state index in [2.05, 4.69) is 18.7 Å². The average Bonchev–Trinajstić information content (AvgIpc) is 2.09. The summed E-state index contributed by atoms with van der Waals surface area (Å²) in [4.78, 5) is 13.6. The van der Waals surface area contributed by atoms with Crippen molar-refractivity contribution in [1.82, 2.24) is 4.90 Å². The fraction of sp³-hybridized carbons (Fsp3) is 0.917. The fourth-order valence-corrected chi connectivity index (χ4v) is 1.29. The Labute approximate surface area is 93.8 Å². The zero-order valence-corrected chi connectivity index (χ0v) is 10.8. The number of nitrogens with zero attached hydrogens (tertiary/aromatic N) is 1. The van der Waals surface area contributed by atoms with Crippen LogP contribution in [0.2, 0.25) is 0 Å². The van der Waals surface area contributed by atoms with Gasteiger partial charge in [-0.3, -0.25) is 9.69 Å². The van der Waals surface area contributed by atoms with Gasteiger partial charge in [-0.05, 0) is 40.3 Å². The first kappa shape index (κ1) is 14.4. The number of rotatable bonds is 6. The van der Waals surface area contributed by atoms with Crippen LogP contribution in [0.1, 0.15) is 47.5 Å². The largest absolute Gasteiger partial charge is 0.459 e. The summed E-state index contributed by atoms with van der Waals surface area (Å²) in [6, 6.07) is 0. The van der Waals surface area contributed by atoms with E-state index in [4.69, 9.17) is 4.74 Å². The van der Waals surface area contributed by atoms with E-state index < -0.39 is 0 Å². The first-order valence-electron chi connectivity index (χ1n) is 5.83. The predicted molar refractivity (Wildman–Crippen MR) is 62.9 cm³/mol. The zero-order valence-electron chi connectivity index (χ0n) is 10.8. The number of ether oxygens (including phenoxy) is 1. The summed E-state index contributed by atoms with van der Waals surface area (Å²) in [5.41, 5.74) is -0.374. The van der Waals surface area contributed by atoms with Crippen molar-refractivity contribution in [3.63, 3.8) is 0 Å². The first-order valence-corrected chi connectivity index (χ1v) is 5.83. The van der Waals surface area contributed by atoms with Gasteiger partial charge in [0.25, 0.3) is 0 Å². The predicted octanol–water partition coefficient (Wildman–Crippen LogP) is 2.45. The highest BCUT2D eigenvalue weighted by Gasteiger charge is 2.17. The number of hydrogen-bond donors (Lipinski definition) is 0. The van der Waals surface area contributed by atoms with Crippen LogP contribution in [0.25, 0.3) is 0 Å². The van der Waals surface area contributed by atoms with E-state index in [9.17, 15) is 4.79 Å². The summed E-state index contributed by atoms with van der Waals surface area (Å²) >= 11 is 0. The smallest absolute Gasteiger partial charge is 0.320 e. The summed E-state index contributed by atoms with van der Waals surface area (Å²) in [7, 11) is 0.